The second kappa shape index (κ2) is 8.37. The molecule has 0 aliphatic carbocycles. The predicted octanol–water partition coefficient (Wildman–Crippen LogP) is 4.78. The second-order valence-electron chi connectivity index (χ2n) is 7.50. The number of nitrogens with one attached hydrogen (secondary N) is 1. The maximum absolute atomic E-state index is 5.93. The first-order chi connectivity index (χ1) is 14.6. The van der Waals surface area contributed by atoms with Gasteiger partial charge < -0.3 is 9.47 Å². The van der Waals surface area contributed by atoms with Crippen molar-refractivity contribution in [3.05, 3.63) is 89.9 Å². The topological polar surface area (TPSA) is 72.9 Å². The molecule has 152 valence electrons. The molecule has 0 saturated carbocycles. The van der Waals surface area contributed by atoms with E-state index in [1.54, 1.807) is 19.5 Å². The fourth-order valence-corrected chi connectivity index (χ4v) is 3.28. The molecule has 30 heavy (non-hydrogen) atoms. The molecular weight excluding hydrogens is 376 g/mol. The molecule has 0 radical (unpaired) electrons. The van der Waals surface area contributed by atoms with E-state index in [4.69, 9.17) is 9.47 Å². The molecule has 2 aromatic heterocycles. The van der Waals surface area contributed by atoms with Gasteiger partial charge in [0.05, 0.1) is 12.8 Å². The first-order valence-electron chi connectivity index (χ1n) is 9.76. The molecule has 0 saturated heterocycles. The lowest BCUT2D eigenvalue weighted by Gasteiger charge is -2.26. The zero-order chi connectivity index (χ0) is 21.0. The van der Waals surface area contributed by atoms with Gasteiger partial charge in [-0.05, 0) is 47.5 Å². The van der Waals surface area contributed by atoms with Crippen molar-refractivity contribution in [2.45, 2.75) is 25.9 Å². The third-order valence-electron chi connectivity index (χ3n) is 5.22. The monoisotopic (exact) mass is 400 g/mol. The Balaban J connectivity index is 1.44. The van der Waals surface area contributed by atoms with Crippen LogP contribution in [0.4, 0.5) is 0 Å². The largest absolute Gasteiger partial charge is 0.497 e. The minimum atomic E-state index is -0.129. The zero-order valence-corrected chi connectivity index (χ0v) is 17.3. The molecule has 0 fully saturated rings. The summed E-state index contributed by atoms with van der Waals surface area (Å²) < 4.78 is 11.2. The first kappa shape index (κ1) is 19.6. The van der Waals surface area contributed by atoms with Gasteiger partial charge in [-0.1, -0.05) is 38.1 Å². The van der Waals surface area contributed by atoms with Gasteiger partial charge in [0.1, 0.15) is 23.8 Å². The van der Waals surface area contributed by atoms with Crippen molar-refractivity contribution in [3.8, 4) is 23.0 Å². The number of aromatic nitrogens is 4. The third kappa shape index (κ3) is 4.17. The van der Waals surface area contributed by atoms with E-state index in [0.29, 0.717) is 18.1 Å². The second-order valence-corrected chi connectivity index (χ2v) is 7.50. The normalized spacial score (nSPS) is 11.3. The van der Waals surface area contributed by atoms with Crippen LogP contribution in [0.1, 0.15) is 30.7 Å². The van der Waals surface area contributed by atoms with Crippen LogP contribution >= 0.6 is 0 Å². The van der Waals surface area contributed by atoms with Gasteiger partial charge in [-0.2, -0.15) is 5.10 Å². The summed E-state index contributed by atoms with van der Waals surface area (Å²) in [6.45, 7) is 4.78. The Morgan fingerprint density at radius 2 is 1.53 bits per heavy atom. The van der Waals surface area contributed by atoms with E-state index < -0.39 is 0 Å². The highest BCUT2D eigenvalue weighted by Crippen LogP contribution is 2.33. The van der Waals surface area contributed by atoms with Crippen molar-refractivity contribution < 1.29 is 9.47 Å². The van der Waals surface area contributed by atoms with Crippen molar-refractivity contribution in [2.75, 3.05) is 7.11 Å². The summed E-state index contributed by atoms with van der Waals surface area (Å²) in [6.07, 6.45) is 3.47. The Labute approximate surface area is 175 Å². The molecular formula is C24H24N4O2. The van der Waals surface area contributed by atoms with Crippen molar-refractivity contribution >= 4 is 0 Å². The highest BCUT2D eigenvalue weighted by molar-refractivity contribution is 5.47. The summed E-state index contributed by atoms with van der Waals surface area (Å²) in [6, 6.07) is 20.1. The van der Waals surface area contributed by atoms with Crippen LogP contribution in [-0.4, -0.2) is 27.3 Å². The fourth-order valence-electron chi connectivity index (χ4n) is 3.28. The van der Waals surface area contributed by atoms with E-state index in [1.807, 2.05) is 36.4 Å². The number of benzene rings is 2. The fraction of sp³-hybridized carbons (Fsp3) is 0.208. The van der Waals surface area contributed by atoms with Crippen LogP contribution in [0.3, 0.4) is 0 Å². The van der Waals surface area contributed by atoms with Crippen LogP contribution in [0, 0.1) is 0 Å². The average Bonchev–Trinajstić information content (AvgIpc) is 3.33. The molecule has 4 aromatic rings. The van der Waals surface area contributed by atoms with Gasteiger partial charge >= 0.3 is 0 Å². The average molecular weight is 400 g/mol. The Morgan fingerprint density at radius 1 is 0.867 bits per heavy atom. The maximum atomic E-state index is 5.93. The number of rotatable bonds is 7. The van der Waals surface area contributed by atoms with Gasteiger partial charge in [0.2, 0.25) is 0 Å². The Hall–Kier alpha value is -3.67. The zero-order valence-electron chi connectivity index (χ0n) is 17.3. The Morgan fingerprint density at radius 3 is 2.13 bits per heavy atom. The van der Waals surface area contributed by atoms with E-state index >= 15 is 0 Å². The molecule has 0 atom stereocenters. The molecule has 6 heteroatoms. The number of hydrogen-bond acceptors (Lipinski definition) is 5. The molecule has 0 amide bonds. The van der Waals surface area contributed by atoms with Crippen LogP contribution < -0.4 is 9.47 Å². The maximum Gasteiger partial charge on any atom is 0.180 e. The van der Waals surface area contributed by atoms with Gasteiger partial charge in [0.15, 0.2) is 5.82 Å². The number of ether oxygens (including phenoxy) is 2. The number of hydrogen-bond donors (Lipinski definition) is 1. The summed E-state index contributed by atoms with van der Waals surface area (Å²) in [5.41, 5.74) is 3.81. The quantitative estimate of drug-likeness (QED) is 0.483. The highest BCUT2D eigenvalue weighted by Gasteiger charge is 2.23. The third-order valence-corrected chi connectivity index (χ3v) is 5.22. The lowest BCUT2D eigenvalue weighted by atomic mass is 9.78. The Kier molecular flexibility index (Phi) is 5.48. The smallest absolute Gasteiger partial charge is 0.180 e. The predicted molar refractivity (Wildman–Crippen MR) is 116 cm³/mol. The van der Waals surface area contributed by atoms with Crippen molar-refractivity contribution in [3.63, 3.8) is 0 Å². The molecule has 0 unspecified atom stereocenters. The lowest BCUT2D eigenvalue weighted by Crippen LogP contribution is -2.18. The molecule has 0 spiro atoms. The van der Waals surface area contributed by atoms with Gasteiger partial charge in [-0.3, -0.25) is 5.10 Å². The van der Waals surface area contributed by atoms with Crippen LogP contribution in [0.2, 0.25) is 0 Å². The molecule has 4 rings (SSSR count). The van der Waals surface area contributed by atoms with Crippen LogP contribution in [-0.2, 0) is 12.0 Å². The van der Waals surface area contributed by atoms with Crippen molar-refractivity contribution in [2.24, 2.45) is 0 Å². The van der Waals surface area contributed by atoms with E-state index in [2.05, 4.69) is 58.3 Å². The number of methoxy groups -OCH3 is 1. The van der Waals surface area contributed by atoms with E-state index in [0.717, 1.165) is 17.2 Å². The van der Waals surface area contributed by atoms with Crippen LogP contribution in [0.5, 0.6) is 11.5 Å². The molecule has 0 aliphatic rings. The Bertz CT molecular complexity index is 1090. The molecule has 0 bridgehead atoms. The molecule has 1 N–H and O–H groups in total. The number of nitrogens with zero attached hydrogens (tertiary/aromatic N) is 3. The minimum Gasteiger partial charge on any atom is -0.497 e. The SMILES string of the molecule is COc1ccc(C(C)(C)c2ccc(OCc3ccnc(-c4cc[nH]n4)n3)cc2)cc1. The van der Waals surface area contributed by atoms with E-state index in [-0.39, 0.29) is 5.41 Å². The lowest BCUT2D eigenvalue weighted by molar-refractivity contribution is 0.301. The molecule has 2 heterocycles. The van der Waals surface area contributed by atoms with Gasteiger partial charge in [0, 0.05) is 17.8 Å². The summed E-state index contributed by atoms with van der Waals surface area (Å²) >= 11 is 0. The standard InChI is InChI=1S/C24H24N4O2/c1-24(2,17-4-8-20(29-3)9-5-17)18-6-10-21(11-7-18)30-16-19-12-14-25-23(27-19)22-13-15-26-28-22/h4-15H,16H2,1-3H3,(H,26,28). The highest BCUT2D eigenvalue weighted by atomic mass is 16.5. The van der Waals surface area contributed by atoms with Crippen molar-refractivity contribution in [1.29, 1.82) is 0 Å². The molecule has 6 nitrogen and oxygen atoms in total. The summed E-state index contributed by atoms with van der Waals surface area (Å²) in [5.74, 6) is 2.23. The van der Waals surface area contributed by atoms with Crippen LogP contribution in [0.15, 0.2) is 73.1 Å². The summed E-state index contributed by atoms with van der Waals surface area (Å²) in [7, 11) is 1.68. The van der Waals surface area contributed by atoms with E-state index in [1.165, 1.54) is 11.1 Å². The summed E-state index contributed by atoms with van der Waals surface area (Å²) in [4.78, 5) is 8.77. The number of H-pyrrole nitrogens is 1. The van der Waals surface area contributed by atoms with E-state index in [9.17, 15) is 0 Å². The summed E-state index contributed by atoms with van der Waals surface area (Å²) in [5, 5.41) is 6.89. The molecule has 0 aliphatic heterocycles. The van der Waals surface area contributed by atoms with Crippen LogP contribution in [0.25, 0.3) is 11.5 Å². The van der Waals surface area contributed by atoms with Gasteiger partial charge in [0.25, 0.3) is 0 Å². The molecule has 2 aromatic carbocycles. The minimum absolute atomic E-state index is 0.129. The first-order valence-corrected chi connectivity index (χ1v) is 9.76. The van der Waals surface area contributed by atoms with Gasteiger partial charge in [-0.25, -0.2) is 9.97 Å². The van der Waals surface area contributed by atoms with Gasteiger partial charge in [-0.15, -0.1) is 0 Å². The van der Waals surface area contributed by atoms with Crippen molar-refractivity contribution in [1.82, 2.24) is 20.2 Å². The number of aromatic amines is 1.